The third kappa shape index (κ3) is 2.29. The van der Waals surface area contributed by atoms with Crippen molar-refractivity contribution in [3.8, 4) is 11.6 Å². The van der Waals surface area contributed by atoms with Crippen LogP contribution in [0.5, 0.6) is 5.88 Å². The molecule has 1 atom stereocenters. The van der Waals surface area contributed by atoms with Gasteiger partial charge in [-0.05, 0) is 19.1 Å². The molecule has 5 nitrogen and oxygen atoms in total. The zero-order valence-corrected chi connectivity index (χ0v) is 9.31. The van der Waals surface area contributed by atoms with Crippen molar-refractivity contribution in [2.24, 2.45) is 0 Å². The van der Waals surface area contributed by atoms with Crippen molar-refractivity contribution in [1.82, 2.24) is 9.78 Å². The molecule has 84 valence electrons. The standard InChI is InChI=1S/C10H10N2O3S/c1-8-7-10(15-16(13)14)12(11-8)9-5-3-2-4-6-9/h2-7H,1H3,(H,13,14)/p-1. The maximum absolute atomic E-state index is 10.5. The molecule has 1 aromatic heterocycles. The van der Waals surface area contributed by atoms with Gasteiger partial charge in [0.15, 0.2) is 0 Å². The predicted molar refractivity (Wildman–Crippen MR) is 57.8 cm³/mol. The third-order valence-electron chi connectivity index (χ3n) is 1.95. The van der Waals surface area contributed by atoms with Gasteiger partial charge in [-0.2, -0.15) is 9.78 Å². The Balaban J connectivity index is 2.44. The van der Waals surface area contributed by atoms with Gasteiger partial charge in [0.1, 0.15) is 11.4 Å². The molecule has 1 aromatic carbocycles. The molecular formula is C10H9N2O3S-. The summed E-state index contributed by atoms with van der Waals surface area (Å²) in [6, 6.07) is 10.7. The molecule has 0 fully saturated rings. The van der Waals surface area contributed by atoms with Gasteiger partial charge in [0.2, 0.25) is 5.88 Å². The fourth-order valence-electron chi connectivity index (χ4n) is 1.36. The van der Waals surface area contributed by atoms with Crippen LogP contribution in [-0.4, -0.2) is 18.5 Å². The molecule has 0 spiro atoms. The molecule has 0 amide bonds. The zero-order chi connectivity index (χ0) is 11.5. The fourth-order valence-corrected chi connectivity index (χ4v) is 1.62. The van der Waals surface area contributed by atoms with Crippen molar-refractivity contribution in [3.05, 3.63) is 42.1 Å². The van der Waals surface area contributed by atoms with Crippen LogP contribution in [-0.2, 0) is 11.4 Å². The van der Waals surface area contributed by atoms with Gasteiger partial charge in [-0.15, -0.1) is 0 Å². The average molecular weight is 237 g/mol. The summed E-state index contributed by atoms with van der Waals surface area (Å²) in [7, 11) is 0. The van der Waals surface area contributed by atoms with Crippen LogP contribution in [0.3, 0.4) is 0 Å². The van der Waals surface area contributed by atoms with Crippen LogP contribution in [0.1, 0.15) is 5.69 Å². The number of aryl methyl sites for hydroxylation is 1. The lowest BCUT2D eigenvalue weighted by molar-refractivity contribution is 0.425. The van der Waals surface area contributed by atoms with Crippen molar-refractivity contribution in [3.63, 3.8) is 0 Å². The van der Waals surface area contributed by atoms with E-state index in [1.807, 2.05) is 30.3 Å². The molecule has 0 saturated heterocycles. The van der Waals surface area contributed by atoms with Gasteiger partial charge in [-0.25, -0.2) is 4.21 Å². The zero-order valence-electron chi connectivity index (χ0n) is 8.49. The van der Waals surface area contributed by atoms with E-state index in [1.54, 1.807) is 13.0 Å². The lowest BCUT2D eigenvalue weighted by atomic mass is 10.3. The largest absolute Gasteiger partial charge is 0.740 e. The Hall–Kier alpha value is -1.66. The first-order chi connectivity index (χ1) is 7.66. The Morgan fingerprint density at radius 3 is 2.69 bits per heavy atom. The highest BCUT2D eigenvalue weighted by Gasteiger charge is 2.08. The summed E-state index contributed by atoms with van der Waals surface area (Å²) in [5.41, 5.74) is 1.43. The number of hydrogen-bond donors (Lipinski definition) is 0. The van der Waals surface area contributed by atoms with Crippen molar-refractivity contribution < 1.29 is 12.9 Å². The molecule has 0 aliphatic heterocycles. The Morgan fingerprint density at radius 2 is 2.06 bits per heavy atom. The van der Waals surface area contributed by atoms with E-state index >= 15 is 0 Å². The molecule has 2 aromatic rings. The monoisotopic (exact) mass is 237 g/mol. The first kappa shape index (κ1) is 10.8. The van der Waals surface area contributed by atoms with E-state index in [4.69, 9.17) is 0 Å². The lowest BCUT2D eigenvalue weighted by Gasteiger charge is -2.09. The SMILES string of the molecule is Cc1cc(OS(=O)[O-])n(-c2ccccc2)n1. The summed E-state index contributed by atoms with van der Waals surface area (Å²) in [6.07, 6.45) is 0. The van der Waals surface area contributed by atoms with E-state index in [-0.39, 0.29) is 5.88 Å². The second kappa shape index (κ2) is 4.46. The first-order valence-electron chi connectivity index (χ1n) is 4.56. The van der Waals surface area contributed by atoms with Gasteiger partial charge in [0.05, 0.1) is 11.4 Å². The number of nitrogens with zero attached hydrogens (tertiary/aromatic N) is 2. The predicted octanol–water partition coefficient (Wildman–Crippen LogP) is 1.35. The van der Waals surface area contributed by atoms with Crippen LogP contribution in [0.4, 0.5) is 0 Å². The number of benzene rings is 1. The highest BCUT2D eigenvalue weighted by molar-refractivity contribution is 7.74. The topological polar surface area (TPSA) is 67.2 Å². The van der Waals surface area contributed by atoms with Crippen LogP contribution in [0, 0.1) is 6.92 Å². The molecule has 0 aliphatic rings. The van der Waals surface area contributed by atoms with Crippen LogP contribution in [0.15, 0.2) is 36.4 Å². The summed E-state index contributed by atoms with van der Waals surface area (Å²) in [4.78, 5) is 0. The van der Waals surface area contributed by atoms with E-state index in [0.717, 1.165) is 5.69 Å². The lowest BCUT2D eigenvalue weighted by Crippen LogP contribution is -2.04. The summed E-state index contributed by atoms with van der Waals surface area (Å²) in [5.74, 6) is 0.178. The molecule has 6 heteroatoms. The minimum absolute atomic E-state index is 0.178. The molecule has 1 heterocycles. The van der Waals surface area contributed by atoms with Gasteiger partial charge in [-0.1, -0.05) is 18.2 Å². The van der Waals surface area contributed by atoms with Gasteiger partial charge < -0.3 is 8.74 Å². The van der Waals surface area contributed by atoms with Crippen molar-refractivity contribution in [2.45, 2.75) is 6.92 Å². The number of hydrogen-bond acceptors (Lipinski definition) is 4. The van der Waals surface area contributed by atoms with Crippen LogP contribution < -0.4 is 4.18 Å². The minimum atomic E-state index is -2.60. The van der Waals surface area contributed by atoms with E-state index in [1.165, 1.54) is 4.68 Å². The molecule has 16 heavy (non-hydrogen) atoms. The van der Waals surface area contributed by atoms with Crippen LogP contribution in [0.2, 0.25) is 0 Å². The van der Waals surface area contributed by atoms with Crippen LogP contribution >= 0.6 is 0 Å². The highest BCUT2D eigenvalue weighted by atomic mass is 32.2. The van der Waals surface area contributed by atoms with Gasteiger partial charge in [-0.3, -0.25) is 0 Å². The minimum Gasteiger partial charge on any atom is -0.740 e. The number of rotatable bonds is 3. The molecule has 1 unspecified atom stereocenters. The Kier molecular flexibility index (Phi) is 3.02. The van der Waals surface area contributed by atoms with Crippen molar-refractivity contribution >= 4 is 11.4 Å². The van der Waals surface area contributed by atoms with E-state index in [9.17, 15) is 8.76 Å². The van der Waals surface area contributed by atoms with Gasteiger partial charge >= 0.3 is 0 Å². The van der Waals surface area contributed by atoms with E-state index in [0.29, 0.717) is 5.69 Å². The molecule has 0 aliphatic carbocycles. The summed E-state index contributed by atoms with van der Waals surface area (Å²) >= 11 is -2.60. The van der Waals surface area contributed by atoms with Gasteiger partial charge in [0.25, 0.3) is 0 Å². The fraction of sp³-hybridized carbons (Fsp3) is 0.100. The second-order valence-electron chi connectivity index (χ2n) is 3.16. The maximum atomic E-state index is 10.5. The third-order valence-corrected chi connectivity index (χ3v) is 2.26. The Labute approximate surface area is 95.2 Å². The first-order valence-corrected chi connectivity index (χ1v) is 5.56. The Bertz CT molecular complexity index is 510. The number of para-hydroxylation sites is 1. The number of aromatic nitrogens is 2. The summed E-state index contributed by atoms with van der Waals surface area (Å²) in [5, 5.41) is 4.15. The second-order valence-corrected chi connectivity index (χ2v) is 3.73. The summed E-state index contributed by atoms with van der Waals surface area (Å²) in [6.45, 7) is 1.76. The van der Waals surface area contributed by atoms with Gasteiger partial charge in [0, 0.05) is 6.07 Å². The molecule has 0 N–H and O–H groups in total. The molecule has 0 bridgehead atoms. The van der Waals surface area contributed by atoms with Crippen molar-refractivity contribution in [2.75, 3.05) is 0 Å². The Morgan fingerprint density at radius 1 is 1.38 bits per heavy atom. The average Bonchev–Trinajstić information content (AvgIpc) is 2.60. The molecular weight excluding hydrogens is 228 g/mol. The van der Waals surface area contributed by atoms with Crippen molar-refractivity contribution in [1.29, 1.82) is 0 Å². The summed E-state index contributed by atoms with van der Waals surface area (Å²) < 4.78 is 27.1. The molecule has 2 rings (SSSR count). The maximum Gasteiger partial charge on any atom is 0.233 e. The van der Waals surface area contributed by atoms with E-state index in [2.05, 4.69) is 9.28 Å². The smallest absolute Gasteiger partial charge is 0.233 e. The van der Waals surface area contributed by atoms with E-state index < -0.39 is 11.4 Å². The highest BCUT2D eigenvalue weighted by Crippen LogP contribution is 2.19. The molecule has 0 radical (unpaired) electrons. The quantitative estimate of drug-likeness (QED) is 0.756. The normalized spacial score (nSPS) is 12.4. The molecule has 0 saturated carbocycles. The van der Waals surface area contributed by atoms with Crippen LogP contribution in [0.25, 0.3) is 5.69 Å².